The Balaban J connectivity index is 3.11. The predicted molar refractivity (Wildman–Crippen MR) is 93.9 cm³/mol. The highest BCUT2D eigenvalue weighted by Crippen LogP contribution is 2.23. The molecule has 1 amide bonds. The molecule has 0 heterocycles. The van der Waals surface area contributed by atoms with Gasteiger partial charge in [0.1, 0.15) is 0 Å². The van der Waals surface area contributed by atoms with Gasteiger partial charge in [0.15, 0.2) is 0 Å². The number of aryl methyl sites for hydroxylation is 1. The van der Waals surface area contributed by atoms with Crippen molar-refractivity contribution in [1.82, 2.24) is 4.31 Å². The lowest BCUT2D eigenvalue weighted by Gasteiger charge is -2.20. The number of anilines is 1. The number of hydrogen-bond donors (Lipinski definition) is 1. The van der Waals surface area contributed by atoms with Crippen molar-refractivity contribution in [3.05, 3.63) is 48.1 Å². The summed E-state index contributed by atoms with van der Waals surface area (Å²) in [5.41, 5.74) is 1.11. The molecule has 1 rings (SSSR count). The second kappa shape index (κ2) is 8.64. The molecule has 0 aliphatic carbocycles. The Kier molecular flexibility index (Phi) is 7.19. The number of hydrogen-bond acceptors (Lipinski definition) is 3. The molecule has 0 aromatic heterocycles. The number of amides is 1. The first-order valence-electron chi connectivity index (χ1n) is 7.57. The van der Waals surface area contributed by atoms with Crippen LogP contribution in [0.15, 0.2) is 47.4 Å². The maximum absolute atomic E-state index is 12.7. The van der Waals surface area contributed by atoms with Crippen molar-refractivity contribution >= 4 is 21.6 Å². The standard InChI is InChI=1S/C17H24N2O3S/c1-5-8-9-10-17(20)18-15-12-11-14(4)16(13-15)23(21,22)19(6-2)7-3/h5,8-13H,6-7H2,1-4H3,(H,18,20)/b8-5+,10-9+. The summed E-state index contributed by atoms with van der Waals surface area (Å²) in [6, 6.07) is 4.89. The van der Waals surface area contributed by atoms with Crippen LogP contribution in [0.2, 0.25) is 0 Å². The molecule has 0 atom stereocenters. The van der Waals surface area contributed by atoms with Gasteiger partial charge in [0, 0.05) is 24.9 Å². The van der Waals surface area contributed by atoms with Crippen LogP contribution in [0.1, 0.15) is 26.3 Å². The average molecular weight is 336 g/mol. The summed E-state index contributed by atoms with van der Waals surface area (Å²) in [4.78, 5) is 12.0. The van der Waals surface area contributed by atoms with Crippen molar-refractivity contribution in [3.8, 4) is 0 Å². The summed E-state index contributed by atoms with van der Waals surface area (Å²) in [6.45, 7) is 8.00. The molecule has 1 N–H and O–H groups in total. The van der Waals surface area contributed by atoms with Crippen LogP contribution in [-0.2, 0) is 14.8 Å². The molecular weight excluding hydrogens is 312 g/mol. The van der Waals surface area contributed by atoms with E-state index >= 15 is 0 Å². The Bertz CT molecular complexity index is 703. The third-order valence-electron chi connectivity index (χ3n) is 3.33. The topological polar surface area (TPSA) is 66.5 Å². The summed E-state index contributed by atoms with van der Waals surface area (Å²) < 4.78 is 26.7. The SMILES string of the molecule is C/C=C/C=C/C(=O)Nc1ccc(C)c(S(=O)(=O)N(CC)CC)c1. The summed E-state index contributed by atoms with van der Waals surface area (Å²) in [6.07, 6.45) is 6.56. The van der Waals surface area contributed by atoms with Gasteiger partial charge in [-0.3, -0.25) is 4.79 Å². The minimum Gasteiger partial charge on any atom is -0.322 e. The van der Waals surface area contributed by atoms with E-state index in [0.717, 1.165) is 0 Å². The quantitative estimate of drug-likeness (QED) is 0.614. The van der Waals surface area contributed by atoms with Gasteiger partial charge in [-0.05, 0) is 31.5 Å². The molecule has 0 fully saturated rings. The molecule has 0 saturated heterocycles. The maximum atomic E-state index is 12.7. The molecule has 0 aliphatic rings. The number of sulfonamides is 1. The lowest BCUT2D eigenvalue weighted by Crippen LogP contribution is -2.31. The minimum absolute atomic E-state index is 0.219. The van der Waals surface area contributed by atoms with Crippen LogP contribution in [0.5, 0.6) is 0 Å². The van der Waals surface area contributed by atoms with Crippen LogP contribution in [0.4, 0.5) is 5.69 Å². The average Bonchev–Trinajstić information content (AvgIpc) is 2.50. The van der Waals surface area contributed by atoms with E-state index in [1.54, 1.807) is 45.1 Å². The van der Waals surface area contributed by atoms with Gasteiger partial charge in [0.05, 0.1) is 4.90 Å². The molecule has 0 saturated carbocycles. The van der Waals surface area contributed by atoms with Gasteiger partial charge in [0.25, 0.3) is 0 Å². The van der Waals surface area contributed by atoms with Gasteiger partial charge >= 0.3 is 0 Å². The first-order chi connectivity index (χ1) is 10.9. The van der Waals surface area contributed by atoms with Gasteiger partial charge in [0.2, 0.25) is 15.9 Å². The molecule has 1 aromatic rings. The molecule has 5 nitrogen and oxygen atoms in total. The normalized spacial score (nSPS) is 12.4. The van der Waals surface area contributed by atoms with Gasteiger partial charge in [-0.1, -0.05) is 38.1 Å². The predicted octanol–water partition coefficient (Wildman–Crippen LogP) is 3.10. The van der Waals surface area contributed by atoms with E-state index in [-0.39, 0.29) is 10.8 Å². The molecule has 0 radical (unpaired) electrons. The number of nitrogens with one attached hydrogen (secondary N) is 1. The third-order valence-corrected chi connectivity index (χ3v) is 5.52. The minimum atomic E-state index is -3.56. The van der Waals surface area contributed by atoms with Gasteiger partial charge in [-0.15, -0.1) is 0 Å². The van der Waals surface area contributed by atoms with E-state index in [9.17, 15) is 13.2 Å². The van der Waals surface area contributed by atoms with Crippen LogP contribution >= 0.6 is 0 Å². The van der Waals surface area contributed by atoms with E-state index in [1.165, 1.54) is 16.4 Å². The molecule has 23 heavy (non-hydrogen) atoms. The van der Waals surface area contributed by atoms with E-state index < -0.39 is 10.0 Å². The highest BCUT2D eigenvalue weighted by atomic mass is 32.2. The molecule has 0 spiro atoms. The van der Waals surface area contributed by atoms with E-state index in [1.807, 2.05) is 13.0 Å². The second-order valence-corrected chi connectivity index (χ2v) is 6.85. The Hall–Kier alpha value is -1.92. The Morgan fingerprint density at radius 2 is 1.87 bits per heavy atom. The third kappa shape index (κ3) is 5.04. The van der Waals surface area contributed by atoms with Crippen LogP contribution in [-0.4, -0.2) is 31.7 Å². The summed E-state index contributed by atoms with van der Waals surface area (Å²) >= 11 is 0. The van der Waals surface area contributed by atoms with Gasteiger partial charge in [-0.2, -0.15) is 4.31 Å². The van der Waals surface area contributed by atoms with Crippen LogP contribution in [0.3, 0.4) is 0 Å². The number of carbonyl (C=O) groups excluding carboxylic acids is 1. The first kappa shape index (κ1) is 19.1. The molecule has 1 aromatic carbocycles. The van der Waals surface area contributed by atoms with Crippen molar-refractivity contribution in [1.29, 1.82) is 0 Å². The lowest BCUT2D eigenvalue weighted by atomic mass is 10.2. The highest BCUT2D eigenvalue weighted by Gasteiger charge is 2.23. The van der Waals surface area contributed by atoms with E-state index in [2.05, 4.69) is 5.32 Å². The van der Waals surface area contributed by atoms with Crippen molar-refractivity contribution in [2.24, 2.45) is 0 Å². The van der Waals surface area contributed by atoms with E-state index in [4.69, 9.17) is 0 Å². The number of nitrogens with zero attached hydrogens (tertiary/aromatic N) is 1. The molecular formula is C17H24N2O3S. The molecule has 6 heteroatoms. The fourth-order valence-corrected chi connectivity index (χ4v) is 3.81. The zero-order valence-electron chi connectivity index (χ0n) is 14.0. The lowest BCUT2D eigenvalue weighted by molar-refractivity contribution is -0.111. The fourth-order valence-electron chi connectivity index (χ4n) is 2.10. The summed E-state index contributed by atoms with van der Waals surface area (Å²) in [5.74, 6) is -0.307. The van der Waals surface area contributed by atoms with Gasteiger partial charge < -0.3 is 5.32 Å². The number of carbonyl (C=O) groups is 1. The maximum Gasteiger partial charge on any atom is 0.248 e. The number of rotatable bonds is 7. The molecule has 126 valence electrons. The monoisotopic (exact) mass is 336 g/mol. The van der Waals surface area contributed by atoms with Gasteiger partial charge in [-0.25, -0.2) is 8.42 Å². The van der Waals surface area contributed by atoms with Crippen LogP contribution < -0.4 is 5.32 Å². The zero-order valence-corrected chi connectivity index (χ0v) is 14.9. The van der Waals surface area contributed by atoms with Crippen LogP contribution in [0, 0.1) is 6.92 Å². The van der Waals surface area contributed by atoms with Crippen molar-refractivity contribution in [3.63, 3.8) is 0 Å². The molecule has 0 bridgehead atoms. The van der Waals surface area contributed by atoms with E-state index in [0.29, 0.717) is 24.3 Å². The first-order valence-corrected chi connectivity index (χ1v) is 9.01. The fraction of sp³-hybridized carbons (Fsp3) is 0.353. The molecule has 0 aliphatic heterocycles. The summed E-state index contributed by atoms with van der Waals surface area (Å²) in [5, 5.41) is 2.67. The zero-order chi connectivity index (χ0) is 17.5. The van der Waals surface area contributed by atoms with Crippen molar-refractivity contribution < 1.29 is 13.2 Å². The number of benzene rings is 1. The second-order valence-electron chi connectivity index (χ2n) is 4.94. The Labute approximate surface area is 138 Å². The van der Waals surface area contributed by atoms with Crippen molar-refractivity contribution in [2.75, 3.05) is 18.4 Å². The number of allylic oxidation sites excluding steroid dienone is 3. The smallest absolute Gasteiger partial charge is 0.248 e. The largest absolute Gasteiger partial charge is 0.322 e. The summed E-state index contributed by atoms with van der Waals surface area (Å²) in [7, 11) is -3.56. The Morgan fingerprint density at radius 3 is 2.43 bits per heavy atom. The Morgan fingerprint density at radius 1 is 1.22 bits per heavy atom. The highest BCUT2D eigenvalue weighted by molar-refractivity contribution is 7.89. The van der Waals surface area contributed by atoms with Crippen molar-refractivity contribution in [2.45, 2.75) is 32.6 Å². The van der Waals surface area contributed by atoms with Crippen LogP contribution in [0.25, 0.3) is 0 Å². The molecule has 0 unspecified atom stereocenters.